The Balaban J connectivity index is 3.56. The molecular formula is C13H26O2Si. The summed E-state index contributed by atoms with van der Waals surface area (Å²) in [6.07, 6.45) is 7.41. The van der Waals surface area contributed by atoms with Crippen molar-refractivity contribution >= 4 is 16.3 Å². The van der Waals surface area contributed by atoms with Gasteiger partial charge in [-0.05, 0) is 45.4 Å². The summed E-state index contributed by atoms with van der Waals surface area (Å²) in [5.74, 6) is 0.962. The molecule has 1 unspecified atom stereocenters. The monoisotopic (exact) mass is 242 g/mol. The van der Waals surface area contributed by atoms with Crippen molar-refractivity contribution in [2.45, 2.75) is 52.9 Å². The Labute approximate surface area is 103 Å². The summed E-state index contributed by atoms with van der Waals surface area (Å²) in [4.78, 5) is 10.8. The quantitative estimate of drug-likeness (QED) is 0.458. The Bertz CT molecular complexity index is 224. The van der Waals surface area contributed by atoms with Crippen LogP contribution in [0.15, 0.2) is 11.6 Å². The summed E-state index contributed by atoms with van der Waals surface area (Å²) in [6, 6.07) is 0. The zero-order valence-electron chi connectivity index (χ0n) is 11.2. The Hall–Kier alpha value is -0.413. The summed E-state index contributed by atoms with van der Waals surface area (Å²) in [7, 11) is 0.848. The molecule has 0 spiro atoms. The summed E-state index contributed by atoms with van der Waals surface area (Å²) in [6.45, 7) is 6.97. The zero-order chi connectivity index (χ0) is 12.4. The van der Waals surface area contributed by atoms with E-state index < -0.39 is 0 Å². The molecule has 0 amide bonds. The molecule has 0 aliphatic heterocycles. The average Bonchev–Trinajstić information content (AvgIpc) is 2.17. The van der Waals surface area contributed by atoms with E-state index in [1.54, 1.807) is 6.92 Å². The predicted octanol–water partition coefficient (Wildman–Crippen LogP) is 2.41. The molecule has 0 N–H and O–H groups in total. The minimum absolute atomic E-state index is 0.280. The van der Waals surface area contributed by atoms with Crippen molar-refractivity contribution in [2.75, 3.05) is 6.61 Å². The van der Waals surface area contributed by atoms with Crippen LogP contribution < -0.4 is 0 Å². The first kappa shape index (κ1) is 15.6. The minimum atomic E-state index is 0.280. The van der Waals surface area contributed by atoms with E-state index in [4.69, 9.17) is 4.43 Å². The lowest BCUT2D eigenvalue weighted by atomic mass is 10.0. The Morgan fingerprint density at radius 1 is 1.38 bits per heavy atom. The summed E-state index contributed by atoms with van der Waals surface area (Å²) in [5, 5.41) is 0. The highest BCUT2D eigenvalue weighted by molar-refractivity contribution is 5.97. The van der Waals surface area contributed by atoms with Gasteiger partial charge in [-0.15, -0.1) is 0 Å². The second-order valence-electron chi connectivity index (χ2n) is 4.74. The van der Waals surface area contributed by atoms with E-state index >= 15 is 0 Å². The number of rotatable bonds is 9. The Morgan fingerprint density at radius 3 is 2.62 bits per heavy atom. The third-order valence-corrected chi connectivity index (χ3v) is 3.04. The van der Waals surface area contributed by atoms with Crippen LogP contribution in [0, 0.1) is 5.92 Å². The van der Waals surface area contributed by atoms with Gasteiger partial charge in [0.15, 0.2) is 0 Å². The fraction of sp³-hybridized carbons (Fsp3) is 0.769. The van der Waals surface area contributed by atoms with Gasteiger partial charge in [-0.3, -0.25) is 0 Å². The maximum Gasteiger partial charge on any atom is 0.145 e. The fourth-order valence-electron chi connectivity index (χ4n) is 1.72. The molecule has 0 fully saturated rings. The number of hydrogen-bond acceptors (Lipinski definition) is 2. The number of hydrogen-bond donors (Lipinski definition) is 0. The largest absolute Gasteiger partial charge is 0.428 e. The molecule has 0 aliphatic carbocycles. The molecule has 2 nitrogen and oxygen atoms in total. The number of carbonyl (C=O) groups excluding carboxylic acids is 1. The first-order valence-corrected chi connectivity index (χ1v) is 7.02. The van der Waals surface area contributed by atoms with Crippen LogP contribution in [-0.4, -0.2) is 22.9 Å². The van der Waals surface area contributed by atoms with Crippen molar-refractivity contribution in [3.8, 4) is 0 Å². The number of carbonyl (C=O) groups is 1. The highest BCUT2D eigenvalue weighted by Crippen LogP contribution is 2.13. The van der Waals surface area contributed by atoms with Crippen LogP contribution in [0.2, 0.25) is 0 Å². The average molecular weight is 242 g/mol. The van der Waals surface area contributed by atoms with Crippen LogP contribution in [0.1, 0.15) is 52.9 Å². The Kier molecular flexibility index (Phi) is 9.53. The van der Waals surface area contributed by atoms with Crippen LogP contribution in [-0.2, 0) is 9.22 Å². The molecule has 1 atom stereocenters. The van der Waals surface area contributed by atoms with Gasteiger partial charge in [-0.25, -0.2) is 0 Å². The van der Waals surface area contributed by atoms with Gasteiger partial charge in [0.05, 0.1) is 0 Å². The Morgan fingerprint density at radius 2 is 2.06 bits per heavy atom. The van der Waals surface area contributed by atoms with E-state index in [-0.39, 0.29) is 5.78 Å². The maximum atomic E-state index is 10.8. The second-order valence-corrected chi connectivity index (χ2v) is 5.32. The van der Waals surface area contributed by atoms with Crippen molar-refractivity contribution in [2.24, 2.45) is 5.92 Å². The van der Waals surface area contributed by atoms with Crippen LogP contribution in [0.25, 0.3) is 0 Å². The highest BCUT2D eigenvalue weighted by atomic mass is 28.2. The molecule has 0 saturated carbocycles. The SMILES string of the molecule is CC(=O)CCC=C(C)CCCC(C)CO[SiH3]. The lowest BCUT2D eigenvalue weighted by Gasteiger charge is -2.09. The van der Waals surface area contributed by atoms with Crippen molar-refractivity contribution in [1.82, 2.24) is 0 Å². The van der Waals surface area contributed by atoms with Crippen LogP contribution in [0.5, 0.6) is 0 Å². The van der Waals surface area contributed by atoms with E-state index in [9.17, 15) is 4.79 Å². The number of ketones is 1. The van der Waals surface area contributed by atoms with Gasteiger partial charge in [0.2, 0.25) is 0 Å². The zero-order valence-corrected chi connectivity index (χ0v) is 13.2. The molecule has 0 aliphatic rings. The van der Waals surface area contributed by atoms with E-state index in [1.165, 1.54) is 18.4 Å². The molecular weight excluding hydrogens is 216 g/mol. The first-order chi connectivity index (χ1) is 7.56. The molecule has 0 aromatic rings. The summed E-state index contributed by atoms with van der Waals surface area (Å²) < 4.78 is 5.24. The smallest absolute Gasteiger partial charge is 0.145 e. The van der Waals surface area contributed by atoms with Crippen molar-refractivity contribution in [3.05, 3.63) is 11.6 Å². The molecule has 0 heterocycles. The van der Waals surface area contributed by atoms with Gasteiger partial charge in [0.1, 0.15) is 16.3 Å². The van der Waals surface area contributed by atoms with E-state index in [0.29, 0.717) is 12.3 Å². The van der Waals surface area contributed by atoms with Crippen molar-refractivity contribution < 1.29 is 9.22 Å². The van der Waals surface area contributed by atoms with Crippen LogP contribution in [0.3, 0.4) is 0 Å². The van der Waals surface area contributed by atoms with Gasteiger partial charge in [0.25, 0.3) is 0 Å². The first-order valence-electron chi connectivity index (χ1n) is 6.20. The lowest BCUT2D eigenvalue weighted by Crippen LogP contribution is -2.03. The molecule has 0 saturated heterocycles. The molecule has 0 rings (SSSR count). The standard InChI is InChI=1S/C13H26O2Si/c1-11(7-5-9-13(3)14)6-4-8-12(2)10-15-16/h7,12H,4-6,8-10H2,1-3,16H3. The highest BCUT2D eigenvalue weighted by Gasteiger charge is 2.00. The summed E-state index contributed by atoms with van der Waals surface area (Å²) >= 11 is 0. The third-order valence-electron chi connectivity index (χ3n) is 2.71. The lowest BCUT2D eigenvalue weighted by molar-refractivity contribution is -0.116. The minimum Gasteiger partial charge on any atom is -0.428 e. The van der Waals surface area contributed by atoms with E-state index in [0.717, 1.165) is 29.9 Å². The van der Waals surface area contributed by atoms with Crippen molar-refractivity contribution in [1.29, 1.82) is 0 Å². The number of allylic oxidation sites excluding steroid dienone is 2. The maximum absolute atomic E-state index is 10.8. The van der Waals surface area contributed by atoms with Crippen LogP contribution >= 0.6 is 0 Å². The second kappa shape index (κ2) is 9.79. The topological polar surface area (TPSA) is 26.3 Å². The van der Waals surface area contributed by atoms with Crippen LogP contribution in [0.4, 0.5) is 0 Å². The normalized spacial score (nSPS) is 14.1. The molecule has 0 aromatic carbocycles. The van der Waals surface area contributed by atoms with Crippen molar-refractivity contribution in [3.63, 3.8) is 0 Å². The van der Waals surface area contributed by atoms with Gasteiger partial charge in [-0.1, -0.05) is 18.6 Å². The van der Waals surface area contributed by atoms with Gasteiger partial charge in [0, 0.05) is 13.0 Å². The predicted molar refractivity (Wildman–Crippen MR) is 72.6 cm³/mol. The molecule has 0 aromatic heterocycles. The third kappa shape index (κ3) is 10.1. The molecule has 0 radical (unpaired) electrons. The van der Waals surface area contributed by atoms with Gasteiger partial charge >= 0.3 is 0 Å². The van der Waals surface area contributed by atoms with E-state index in [2.05, 4.69) is 19.9 Å². The fourth-order valence-corrected chi connectivity index (χ4v) is 2.29. The molecule has 16 heavy (non-hydrogen) atoms. The number of Topliss-reactive ketones (excluding diaryl/α,β-unsaturated/α-hetero) is 1. The molecule has 94 valence electrons. The van der Waals surface area contributed by atoms with Gasteiger partial charge < -0.3 is 9.22 Å². The molecule has 3 heteroatoms. The molecule has 0 bridgehead atoms. The van der Waals surface area contributed by atoms with E-state index in [1.807, 2.05) is 0 Å². The summed E-state index contributed by atoms with van der Waals surface area (Å²) in [5.41, 5.74) is 1.42. The van der Waals surface area contributed by atoms with Gasteiger partial charge in [-0.2, -0.15) is 0 Å².